The highest BCUT2D eigenvalue weighted by Crippen LogP contribution is 2.41. The molecular weight excluding hydrogens is 416 g/mol. The second kappa shape index (κ2) is 7.88. The van der Waals surface area contributed by atoms with Gasteiger partial charge in [-0.1, -0.05) is 23.9 Å². The Labute approximate surface area is 184 Å². The fraction of sp³-hybridized carbons (Fsp3) is 0.429. The first-order valence-electron chi connectivity index (χ1n) is 10.2. The van der Waals surface area contributed by atoms with Crippen LogP contribution < -0.4 is 20.9 Å². The minimum atomic E-state index is -0.348. The van der Waals surface area contributed by atoms with Gasteiger partial charge in [-0.2, -0.15) is 0 Å². The van der Waals surface area contributed by atoms with Gasteiger partial charge in [-0.3, -0.25) is 9.69 Å². The van der Waals surface area contributed by atoms with Gasteiger partial charge in [0.1, 0.15) is 10.7 Å². The zero-order chi connectivity index (χ0) is 20.7. The van der Waals surface area contributed by atoms with E-state index in [1.807, 2.05) is 23.6 Å². The molecular formula is C21H26N6OS2. The molecule has 1 unspecified atom stereocenters. The fourth-order valence-corrected chi connectivity index (χ4v) is 6.09. The van der Waals surface area contributed by atoms with Gasteiger partial charge in [-0.15, -0.1) is 11.3 Å². The molecule has 7 nitrogen and oxygen atoms in total. The fourth-order valence-electron chi connectivity index (χ4n) is 4.17. The Balaban J connectivity index is 1.25. The largest absolute Gasteiger partial charge is 0.367 e. The van der Waals surface area contributed by atoms with Gasteiger partial charge in [0, 0.05) is 49.6 Å². The molecule has 1 aromatic heterocycles. The molecule has 0 spiro atoms. The molecule has 3 aliphatic heterocycles. The number of benzene rings is 1. The molecule has 4 heterocycles. The maximum absolute atomic E-state index is 13.1. The van der Waals surface area contributed by atoms with E-state index in [1.165, 1.54) is 10.6 Å². The van der Waals surface area contributed by atoms with E-state index in [9.17, 15) is 4.79 Å². The van der Waals surface area contributed by atoms with E-state index in [-0.39, 0.29) is 10.9 Å². The molecule has 158 valence electrons. The van der Waals surface area contributed by atoms with Crippen LogP contribution in [0.2, 0.25) is 0 Å². The zero-order valence-electron chi connectivity index (χ0n) is 17.2. The number of thioether (sulfide) groups is 1. The Kier molecular flexibility index (Phi) is 5.22. The monoisotopic (exact) mass is 442 g/mol. The van der Waals surface area contributed by atoms with Gasteiger partial charge < -0.3 is 20.9 Å². The summed E-state index contributed by atoms with van der Waals surface area (Å²) in [5, 5.41) is 13.0. The second-order valence-corrected chi connectivity index (χ2v) is 10.5. The Morgan fingerprint density at radius 2 is 2.03 bits per heavy atom. The molecule has 1 saturated heterocycles. The number of aryl methyl sites for hydroxylation is 1. The third kappa shape index (κ3) is 3.71. The number of nitrogens with zero attached hydrogens (tertiary/aromatic N) is 3. The number of anilines is 2. The highest BCUT2D eigenvalue weighted by molar-refractivity contribution is 8.03. The number of hydrogen-bond acceptors (Lipinski definition) is 8. The number of rotatable bonds is 4. The zero-order valence-corrected chi connectivity index (χ0v) is 18.8. The summed E-state index contributed by atoms with van der Waals surface area (Å²) < 4.78 is 0. The van der Waals surface area contributed by atoms with Crippen LogP contribution in [-0.4, -0.2) is 47.0 Å². The van der Waals surface area contributed by atoms with Crippen molar-refractivity contribution in [1.82, 2.24) is 20.5 Å². The van der Waals surface area contributed by atoms with Gasteiger partial charge in [0.2, 0.25) is 0 Å². The van der Waals surface area contributed by atoms with Crippen molar-refractivity contribution in [3.05, 3.63) is 50.9 Å². The average molecular weight is 443 g/mol. The Morgan fingerprint density at radius 1 is 1.23 bits per heavy atom. The predicted molar refractivity (Wildman–Crippen MR) is 123 cm³/mol. The van der Waals surface area contributed by atoms with E-state index in [4.69, 9.17) is 0 Å². The molecule has 9 heteroatoms. The molecule has 0 aliphatic carbocycles. The molecule has 0 radical (unpaired) electrons. The van der Waals surface area contributed by atoms with Gasteiger partial charge in [0.15, 0.2) is 0 Å². The van der Waals surface area contributed by atoms with Crippen LogP contribution in [0.15, 0.2) is 35.4 Å². The van der Waals surface area contributed by atoms with Crippen LogP contribution >= 0.6 is 23.1 Å². The number of carbonyl (C=O) groups is 1. The number of para-hydroxylation sites is 2. The molecule has 1 aromatic carbocycles. The van der Waals surface area contributed by atoms with Crippen LogP contribution in [0.3, 0.4) is 0 Å². The van der Waals surface area contributed by atoms with E-state index in [2.05, 4.69) is 50.6 Å². The number of carbonyl (C=O) groups excluding carboxylic acids is 1. The Morgan fingerprint density at radius 3 is 2.83 bits per heavy atom. The maximum atomic E-state index is 13.1. The van der Waals surface area contributed by atoms with Crippen molar-refractivity contribution in [2.24, 2.45) is 0 Å². The lowest BCUT2D eigenvalue weighted by atomic mass is 10.2. The lowest BCUT2D eigenvalue weighted by Gasteiger charge is -2.35. The average Bonchev–Trinajstić information content (AvgIpc) is 3.42. The van der Waals surface area contributed by atoms with Crippen molar-refractivity contribution >= 4 is 40.4 Å². The molecule has 0 saturated carbocycles. The Hall–Kier alpha value is -2.07. The van der Waals surface area contributed by atoms with Crippen molar-refractivity contribution in [1.29, 1.82) is 0 Å². The number of hydrogen-bond donors (Lipinski definition) is 3. The molecule has 30 heavy (non-hydrogen) atoms. The van der Waals surface area contributed by atoms with Crippen molar-refractivity contribution in [3.63, 3.8) is 0 Å². The number of piperazine rings is 1. The molecule has 1 atom stereocenters. The van der Waals surface area contributed by atoms with Crippen LogP contribution in [0, 0.1) is 6.92 Å². The molecule has 3 N–H and O–H groups in total. The number of amides is 1. The minimum Gasteiger partial charge on any atom is -0.367 e. The van der Waals surface area contributed by atoms with Crippen LogP contribution in [-0.2, 0) is 17.9 Å². The topological polar surface area (TPSA) is 72.5 Å². The standard InChI is InChI=1S/C21H26N6OS2/c1-14-23-16-11-27(12-19(16)30-14)21(2)25-17(13-29-21)20(28)24-15-5-3-4-6-18(15)26-9-7-22-8-10-26/h3-6,13,22,25H,7-12H2,1-2H3,(H,24,28). The first-order chi connectivity index (χ1) is 14.5. The summed E-state index contributed by atoms with van der Waals surface area (Å²) in [6.07, 6.45) is 0. The van der Waals surface area contributed by atoms with E-state index in [0.717, 1.165) is 55.7 Å². The maximum Gasteiger partial charge on any atom is 0.272 e. The normalized spacial score (nSPS) is 23.8. The quantitative estimate of drug-likeness (QED) is 0.672. The van der Waals surface area contributed by atoms with Crippen LogP contribution in [0.4, 0.5) is 11.4 Å². The van der Waals surface area contributed by atoms with Gasteiger partial charge >= 0.3 is 0 Å². The number of nitrogens with one attached hydrogen (secondary N) is 3. The van der Waals surface area contributed by atoms with Gasteiger partial charge in [0.25, 0.3) is 5.91 Å². The molecule has 2 aromatic rings. The number of aromatic nitrogens is 1. The first-order valence-corrected chi connectivity index (χ1v) is 11.9. The summed E-state index contributed by atoms with van der Waals surface area (Å²) in [5.74, 6) is -0.100. The summed E-state index contributed by atoms with van der Waals surface area (Å²) in [7, 11) is 0. The highest BCUT2D eigenvalue weighted by Gasteiger charge is 2.41. The third-order valence-electron chi connectivity index (χ3n) is 5.79. The van der Waals surface area contributed by atoms with Crippen LogP contribution in [0.25, 0.3) is 0 Å². The van der Waals surface area contributed by atoms with E-state index >= 15 is 0 Å². The number of fused-ring (bicyclic) bond motifs is 1. The van der Waals surface area contributed by atoms with Gasteiger partial charge in [0.05, 0.1) is 22.1 Å². The summed E-state index contributed by atoms with van der Waals surface area (Å²) >= 11 is 3.42. The van der Waals surface area contributed by atoms with Crippen molar-refractivity contribution in [3.8, 4) is 0 Å². The smallest absolute Gasteiger partial charge is 0.272 e. The van der Waals surface area contributed by atoms with Gasteiger partial charge in [-0.25, -0.2) is 4.98 Å². The number of thiazole rings is 1. The summed E-state index contributed by atoms with van der Waals surface area (Å²) in [6, 6.07) is 8.04. The Bertz CT molecular complexity index is 976. The molecule has 1 amide bonds. The lowest BCUT2D eigenvalue weighted by Crippen LogP contribution is -2.50. The summed E-state index contributed by atoms with van der Waals surface area (Å²) in [5.41, 5.74) is 3.71. The minimum absolute atomic E-state index is 0.100. The molecule has 3 aliphatic rings. The molecule has 5 rings (SSSR count). The lowest BCUT2D eigenvalue weighted by molar-refractivity contribution is -0.113. The summed E-state index contributed by atoms with van der Waals surface area (Å²) in [4.78, 5) is 23.3. The van der Waals surface area contributed by atoms with E-state index < -0.39 is 0 Å². The van der Waals surface area contributed by atoms with Crippen molar-refractivity contribution < 1.29 is 4.79 Å². The van der Waals surface area contributed by atoms with Crippen LogP contribution in [0.1, 0.15) is 22.5 Å². The van der Waals surface area contributed by atoms with E-state index in [0.29, 0.717) is 5.70 Å². The third-order valence-corrected chi connectivity index (χ3v) is 7.96. The van der Waals surface area contributed by atoms with Crippen molar-refractivity contribution in [2.45, 2.75) is 31.9 Å². The van der Waals surface area contributed by atoms with Gasteiger partial charge in [-0.05, 0) is 26.0 Å². The molecule has 0 bridgehead atoms. The second-order valence-electron chi connectivity index (χ2n) is 7.92. The highest BCUT2D eigenvalue weighted by atomic mass is 32.2. The SMILES string of the molecule is Cc1nc2c(s1)CN(C1(C)NC(C(=O)Nc3ccccc3N3CCNCC3)=CS1)C2. The van der Waals surface area contributed by atoms with Crippen LogP contribution in [0.5, 0.6) is 0 Å². The molecule has 1 fully saturated rings. The van der Waals surface area contributed by atoms with Crippen molar-refractivity contribution in [2.75, 3.05) is 36.4 Å². The predicted octanol–water partition coefficient (Wildman–Crippen LogP) is 2.67. The first kappa shape index (κ1) is 19.9. The summed E-state index contributed by atoms with van der Waals surface area (Å²) in [6.45, 7) is 9.66. The van der Waals surface area contributed by atoms with E-state index in [1.54, 1.807) is 23.1 Å².